The van der Waals surface area contributed by atoms with E-state index < -0.39 is 0 Å². The molecule has 1 atom stereocenters. The van der Waals surface area contributed by atoms with Crippen molar-refractivity contribution >= 4 is 28.6 Å². The Kier molecular flexibility index (Phi) is 6.03. The summed E-state index contributed by atoms with van der Waals surface area (Å²) in [6.45, 7) is 5.99. The molecule has 1 N–H and O–H groups in total. The van der Waals surface area contributed by atoms with Crippen LogP contribution in [0, 0.1) is 0 Å². The van der Waals surface area contributed by atoms with Gasteiger partial charge < -0.3 is 10.1 Å². The standard InChI is InChI=1S/C12H22INO2/c1-3-4-5-12(6-8-14-9-7-12)16-11(15)10(2)13/h10,14H,3-9H2,1-2H3. The summed E-state index contributed by atoms with van der Waals surface area (Å²) >= 11 is 2.12. The van der Waals surface area contributed by atoms with E-state index in [1.54, 1.807) is 0 Å². The molecule has 3 nitrogen and oxygen atoms in total. The minimum absolute atomic E-state index is 0.0500. The van der Waals surface area contributed by atoms with Crippen LogP contribution in [0.5, 0.6) is 0 Å². The van der Waals surface area contributed by atoms with Crippen molar-refractivity contribution in [1.82, 2.24) is 5.32 Å². The van der Waals surface area contributed by atoms with Gasteiger partial charge in [0.2, 0.25) is 0 Å². The zero-order chi connectivity index (χ0) is 12.0. The molecule has 0 aliphatic carbocycles. The third-order valence-electron chi connectivity index (χ3n) is 3.14. The number of rotatable bonds is 5. The molecule has 0 aromatic heterocycles. The first-order chi connectivity index (χ1) is 7.59. The van der Waals surface area contributed by atoms with E-state index in [2.05, 4.69) is 34.8 Å². The highest BCUT2D eigenvalue weighted by Crippen LogP contribution is 2.30. The Morgan fingerprint density at radius 1 is 1.50 bits per heavy atom. The summed E-state index contributed by atoms with van der Waals surface area (Å²) in [6, 6.07) is 0. The van der Waals surface area contributed by atoms with E-state index in [1.165, 1.54) is 0 Å². The third kappa shape index (κ3) is 4.20. The molecule has 1 rings (SSSR count). The van der Waals surface area contributed by atoms with Gasteiger partial charge in [-0.1, -0.05) is 35.9 Å². The number of nitrogens with one attached hydrogen (secondary N) is 1. The van der Waals surface area contributed by atoms with Crippen LogP contribution in [0.4, 0.5) is 0 Å². The van der Waals surface area contributed by atoms with Crippen molar-refractivity contribution in [2.75, 3.05) is 13.1 Å². The van der Waals surface area contributed by atoms with Gasteiger partial charge in [-0.3, -0.25) is 4.79 Å². The minimum atomic E-state index is -0.183. The molecule has 0 aromatic rings. The maximum atomic E-state index is 11.7. The maximum absolute atomic E-state index is 11.7. The fourth-order valence-corrected chi connectivity index (χ4v) is 2.21. The average molecular weight is 339 g/mol. The molecule has 1 unspecified atom stereocenters. The molecule has 0 spiro atoms. The lowest BCUT2D eigenvalue weighted by molar-refractivity contribution is -0.162. The van der Waals surface area contributed by atoms with Crippen LogP contribution in [0.1, 0.15) is 46.0 Å². The first kappa shape index (κ1) is 14.2. The van der Waals surface area contributed by atoms with Crippen LogP contribution >= 0.6 is 22.6 Å². The molecule has 16 heavy (non-hydrogen) atoms. The summed E-state index contributed by atoms with van der Waals surface area (Å²) in [5.41, 5.74) is -0.183. The van der Waals surface area contributed by atoms with Gasteiger partial charge in [0.05, 0.1) is 0 Å². The van der Waals surface area contributed by atoms with Crippen LogP contribution in [0.15, 0.2) is 0 Å². The molecule has 1 aliphatic rings. The summed E-state index contributed by atoms with van der Waals surface area (Å²) in [5.74, 6) is -0.0568. The Hall–Kier alpha value is 0.160. The van der Waals surface area contributed by atoms with Crippen LogP contribution in [0.2, 0.25) is 0 Å². The number of hydrogen-bond donors (Lipinski definition) is 1. The fraction of sp³-hybridized carbons (Fsp3) is 0.917. The first-order valence-electron chi connectivity index (χ1n) is 6.17. The Balaban J connectivity index is 2.58. The molecule has 1 aliphatic heterocycles. The van der Waals surface area contributed by atoms with Crippen molar-refractivity contribution in [1.29, 1.82) is 0 Å². The summed E-state index contributed by atoms with van der Waals surface area (Å²) < 4.78 is 5.71. The highest BCUT2D eigenvalue weighted by Gasteiger charge is 2.35. The predicted molar refractivity (Wildman–Crippen MR) is 73.9 cm³/mol. The summed E-state index contributed by atoms with van der Waals surface area (Å²) in [5, 5.41) is 3.33. The summed E-state index contributed by atoms with van der Waals surface area (Å²) in [4.78, 5) is 11.7. The quantitative estimate of drug-likeness (QED) is 0.475. The van der Waals surface area contributed by atoms with Gasteiger partial charge in [0.25, 0.3) is 0 Å². The van der Waals surface area contributed by atoms with Crippen LogP contribution in [-0.4, -0.2) is 28.6 Å². The van der Waals surface area contributed by atoms with Crippen molar-refractivity contribution in [2.45, 2.75) is 55.5 Å². The molecular formula is C12H22INO2. The molecule has 1 heterocycles. The van der Waals surface area contributed by atoms with E-state index in [0.29, 0.717) is 0 Å². The summed E-state index contributed by atoms with van der Waals surface area (Å²) in [6.07, 6.45) is 5.24. The maximum Gasteiger partial charge on any atom is 0.319 e. The fourth-order valence-electron chi connectivity index (χ4n) is 2.08. The lowest BCUT2D eigenvalue weighted by Crippen LogP contribution is -2.46. The zero-order valence-electron chi connectivity index (χ0n) is 10.2. The molecule has 1 saturated heterocycles. The molecular weight excluding hydrogens is 317 g/mol. The van der Waals surface area contributed by atoms with Crippen LogP contribution in [0.25, 0.3) is 0 Å². The Morgan fingerprint density at radius 3 is 2.62 bits per heavy atom. The predicted octanol–water partition coefficient (Wildman–Crippen LogP) is 2.67. The van der Waals surface area contributed by atoms with Crippen LogP contribution in [-0.2, 0) is 9.53 Å². The van der Waals surface area contributed by atoms with Gasteiger partial charge in [0.15, 0.2) is 0 Å². The van der Waals surface area contributed by atoms with Crippen molar-refractivity contribution in [3.8, 4) is 0 Å². The van der Waals surface area contributed by atoms with Gasteiger partial charge in [-0.25, -0.2) is 0 Å². The van der Waals surface area contributed by atoms with Crippen LogP contribution in [0.3, 0.4) is 0 Å². The zero-order valence-corrected chi connectivity index (χ0v) is 12.4. The molecule has 0 radical (unpaired) electrons. The van der Waals surface area contributed by atoms with Gasteiger partial charge in [-0.05, 0) is 45.7 Å². The lowest BCUT2D eigenvalue weighted by atomic mass is 9.87. The van der Waals surface area contributed by atoms with E-state index in [4.69, 9.17) is 4.74 Å². The number of carbonyl (C=O) groups is 1. The van der Waals surface area contributed by atoms with Gasteiger partial charge >= 0.3 is 5.97 Å². The smallest absolute Gasteiger partial charge is 0.319 e. The van der Waals surface area contributed by atoms with E-state index in [-0.39, 0.29) is 15.5 Å². The lowest BCUT2D eigenvalue weighted by Gasteiger charge is -2.37. The Labute approximate surface area is 112 Å². The second-order valence-corrected chi connectivity index (χ2v) is 6.44. The first-order valence-corrected chi connectivity index (χ1v) is 7.42. The van der Waals surface area contributed by atoms with Gasteiger partial charge in [-0.2, -0.15) is 0 Å². The molecule has 0 aromatic carbocycles. The normalized spacial score (nSPS) is 21.4. The molecule has 94 valence electrons. The molecule has 0 bridgehead atoms. The van der Waals surface area contributed by atoms with E-state index in [1.807, 2.05) is 6.92 Å². The number of esters is 1. The molecule has 1 fully saturated rings. The van der Waals surface area contributed by atoms with Crippen LogP contribution < -0.4 is 5.32 Å². The Bertz CT molecular complexity index is 225. The number of halogens is 1. The third-order valence-corrected chi connectivity index (χ3v) is 3.65. The van der Waals surface area contributed by atoms with Crippen molar-refractivity contribution in [3.05, 3.63) is 0 Å². The molecule has 0 saturated carbocycles. The highest BCUT2D eigenvalue weighted by molar-refractivity contribution is 14.1. The van der Waals surface area contributed by atoms with Crippen molar-refractivity contribution < 1.29 is 9.53 Å². The largest absolute Gasteiger partial charge is 0.458 e. The highest BCUT2D eigenvalue weighted by atomic mass is 127. The Morgan fingerprint density at radius 2 is 2.12 bits per heavy atom. The second-order valence-electron chi connectivity index (χ2n) is 4.57. The topological polar surface area (TPSA) is 38.3 Å². The summed E-state index contributed by atoms with van der Waals surface area (Å²) in [7, 11) is 0. The van der Waals surface area contributed by atoms with Gasteiger partial charge in [0.1, 0.15) is 9.53 Å². The van der Waals surface area contributed by atoms with E-state index >= 15 is 0 Å². The number of alkyl halides is 1. The van der Waals surface area contributed by atoms with E-state index in [0.717, 1.165) is 45.2 Å². The molecule has 0 amide bonds. The molecule has 4 heteroatoms. The van der Waals surface area contributed by atoms with Crippen molar-refractivity contribution in [3.63, 3.8) is 0 Å². The van der Waals surface area contributed by atoms with Gasteiger partial charge in [-0.15, -0.1) is 0 Å². The average Bonchev–Trinajstić information content (AvgIpc) is 2.27. The van der Waals surface area contributed by atoms with Gasteiger partial charge in [0, 0.05) is 0 Å². The van der Waals surface area contributed by atoms with E-state index in [9.17, 15) is 4.79 Å². The number of carbonyl (C=O) groups excluding carboxylic acids is 1. The number of piperidine rings is 1. The minimum Gasteiger partial charge on any atom is -0.458 e. The van der Waals surface area contributed by atoms with Crippen molar-refractivity contribution in [2.24, 2.45) is 0 Å². The SMILES string of the molecule is CCCCC1(OC(=O)C(C)I)CCNCC1. The number of unbranched alkanes of at least 4 members (excludes halogenated alkanes) is 1. The second kappa shape index (κ2) is 6.79. The monoisotopic (exact) mass is 339 g/mol. The number of hydrogen-bond acceptors (Lipinski definition) is 3. The number of ether oxygens (including phenoxy) is 1.